The number of ether oxygens (including phenoxy) is 1. The van der Waals surface area contributed by atoms with Crippen molar-refractivity contribution in [2.24, 2.45) is 0 Å². The van der Waals surface area contributed by atoms with Crippen LogP contribution in [0.4, 0.5) is 11.5 Å². The van der Waals surface area contributed by atoms with Crippen LogP contribution in [0.5, 0.6) is 5.75 Å². The monoisotopic (exact) mass is 334 g/mol. The Balaban J connectivity index is 1.94. The largest absolute Gasteiger partial charge is 0.482 e. The summed E-state index contributed by atoms with van der Waals surface area (Å²) in [4.78, 5) is 21.8. The molecule has 0 aliphatic carbocycles. The van der Waals surface area contributed by atoms with Gasteiger partial charge in [-0.05, 0) is 18.2 Å². The maximum absolute atomic E-state index is 12.1. The molecule has 0 saturated carbocycles. The van der Waals surface area contributed by atoms with Gasteiger partial charge in [0, 0.05) is 4.47 Å². The number of anilines is 2. The summed E-state index contributed by atoms with van der Waals surface area (Å²) in [5.74, 6) is 0.913. The Bertz CT molecular complexity index is 660. The van der Waals surface area contributed by atoms with Crippen LogP contribution >= 0.6 is 15.9 Å². The van der Waals surface area contributed by atoms with Crippen LogP contribution in [0.1, 0.15) is 5.69 Å². The van der Waals surface area contributed by atoms with E-state index in [2.05, 4.69) is 25.9 Å². The number of nitrogens with two attached hydrogens (primary N) is 1. The highest BCUT2D eigenvalue weighted by Crippen LogP contribution is 2.35. The summed E-state index contributed by atoms with van der Waals surface area (Å²) < 4.78 is 6.29. The van der Waals surface area contributed by atoms with E-state index >= 15 is 0 Å². The first kappa shape index (κ1) is 12.9. The number of carbonyl (C=O) groups is 1. The first-order valence-corrected chi connectivity index (χ1v) is 6.72. The summed E-state index contributed by atoms with van der Waals surface area (Å²) in [7, 11) is 0. The number of amides is 1. The van der Waals surface area contributed by atoms with Crippen molar-refractivity contribution in [1.29, 1.82) is 0 Å². The van der Waals surface area contributed by atoms with Gasteiger partial charge in [0.25, 0.3) is 5.91 Å². The molecule has 0 fully saturated rings. The highest BCUT2D eigenvalue weighted by molar-refractivity contribution is 9.10. The molecule has 0 bridgehead atoms. The van der Waals surface area contributed by atoms with Crippen molar-refractivity contribution in [3.8, 4) is 5.75 Å². The molecule has 1 aromatic carbocycles. The van der Waals surface area contributed by atoms with Crippen LogP contribution in [-0.4, -0.2) is 22.5 Å². The van der Waals surface area contributed by atoms with Gasteiger partial charge < -0.3 is 10.5 Å². The lowest BCUT2D eigenvalue weighted by molar-refractivity contribution is -0.121. The average Bonchev–Trinajstić information content (AvgIpc) is 2.44. The minimum atomic E-state index is -0.116. The Morgan fingerprint density at radius 2 is 2.20 bits per heavy atom. The fraction of sp³-hybridized carbons (Fsp3) is 0.154. The van der Waals surface area contributed by atoms with E-state index < -0.39 is 0 Å². The summed E-state index contributed by atoms with van der Waals surface area (Å²) in [6, 6.07) is 5.54. The van der Waals surface area contributed by atoms with Crippen molar-refractivity contribution < 1.29 is 9.53 Å². The minimum Gasteiger partial charge on any atom is -0.482 e. The van der Waals surface area contributed by atoms with Gasteiger partial charge in [-0.2, -0.15) is 0 Å². The number of hydrogen-bond acceptors (Lipinski definition) is 5. The molecule has 102 valence electrons. The Morgan fingerprint density at radius 3 is 2.95 bits per heavy atom. The number of hydrogen-bond donors (Lipinski definition) is 1. The van der Waals surface area contributed by atoms with Crippen LogP contribution in [0, 0.1) is 0 Å². The molecule has 2 N–H and O–H groups in total. The van der Waals surface area contributed by atoms with Crippen LogP contribution < -0.4 is 15.4 Å². The van der Waals surface area contributed by atoms with Crippen molar-refractivity contribution >= 4 is 33.3 Å². The molecule has 1 aliphatic rings. The third kappa shape index (κ3) is 2.44. The van der Waals surface area contributed by atoms with Crippen LogP contribution in [0.25, 0.3) is 0 Å². The Labute approximate surface area is 123 Å². The van der Waals surface area contributed by atoms with Gasteiger partial charge in [0.15, 0.2) is 6.61 Å². The number of fused-ring (bicyclic) bond motifs is 1. The summed E-state index contributed by atoms with van der Waals surface area (Å²) in [6.07, 6.45) is 3.04. The lowest BCUT2D eigenvalue weighted by atomic mass is 10.2. The molecule has 2 aromatic rings. The van der Waals surface area contributed by atoms with E-state index in [9.17, 15) is 4.79 Å². The number of carbonyl (C=O) groups excluding carboxylic acids is 1. The maximum atomic E-state index is 12.1. The predicted octanol–water partition coefficient (Wildman–Crippen LogP) is 1.75. The maximum Gasteiger partial charge on any atom is 0.265 e. The molecule has 0 radical (unpaired) electrons. The predicted molar refractivity (Wildman–Crippen MR) is 77.3 cm³/mol. The number of rotatable bonds is 2. The van der Waals surface area contributed by atoms with Crippen LogP contribution in [-0.2, 0) is 11.3 Å². The Morgan fingerprint density at radius 1 is 1.35 bits per heavy atom. The number of halogens is 1. The molecule has 7 heteroatoms. The number of nitrogens with zero attached hydrogens (tertiary/aromatic N) is 3. The Hall–Kier alpha value is -2.15. The van der Waals surface area contributed by atoms with Gasteiger partial charge in [-0.25, -0.2) is 4.98 Å². The zero-order valence-corrected chi connectivity index (χ0v) is 12.0. The number of aromatic nitrogens is 2. The fourth-order valence-electron chi connectivity index (χ4n) is 1.96. The van der Waals surface area contributed by atoms with Gasteiger partial charge in [0.2, 0.25) is 0 Å². The summed E-state index contributed by atoms with van der Waals surface area (Å²) in [5.41, 5.74) is 6.89. The molecular formula is C13H11BrN4O2. The summed E-state index contributed by atoms with van der Waals surface area (Å²) in [5, 5.41) is 0. The van der Waals surface area contributed by atoms with Gasteiger partial charge in [0.1, 0.15) is 11.6 Å². The molecule has 6 nitrogen and oxygen atoms in total. The molecule has 1 amide bonds. The molecular weight excluding hydrogens is 324 g/mol. The molecule has 2 heterocycles. The highest BCUT2D eigenvalue weighted by Gasteiger charge is 2.26. The van der Waals surface area contributed by atoms with E-state index in [4.69, 9.17) is 10.5 Å². The standard InChI is InChI=1S/C13H11BrN4O2/c14-8-1-2-11-10(3-8)18(13(19)7-20-11)6-9-4-17-12(15)5-16-9/h1-5H,6-7H2,(H2,15,17). The van der Waals surface area contributed by atoms with Crippen LogP contribution in [0.2, 0.25) is 0 Å². The van der Waals surface area contributed by atoms with Gasteiger partial charge in [0.05, 0.1) is 30.3 Å². The number of benzene rings is 1. The van der Waals surface area contributed by atoms with Gasteiger partial charge in [-0.3, -0.25) is 14.7 Å². The first-order valence-electron chi connectivity index (χ1n) is 5.92. The fourth-order valence-corrected chi connectivity index (χ4v) is 2.31. The molecule has 3 rings (SSSR count). The van der Waals surface area contributed by atoms with E-state index in [1.807, 2.05) is 18.2 Å². The highest BCUT2D eigenvalue weighted by atomic mass is 79.9. The summed E-state index contributed by atoms with van der Waals surface area (Å²) in [6.45, 7) is 0.357. The van der Waals surface area contributed by atoms with Gasteiger partial charge in [-0.15, -0.1) is 0 Å². The molecule has 0 spiro atoms. The zero-order chi connectivity index (χ0) is 14.1. The third-order valence-corrected chi connectivity index (χ3v) is 3.40. The van der Waals surface area contributed by atoms with E-state index in [1.165, 1.54) is 6.20 Å². The van der Waals surface area contributed by atoms with Crippen molar-refractivity contribution in [3.63, 3.8) is 0 Å². The second-order valence-corrected chi connectivity index (χ2v) is 5.23. The Kier molecular flexibility index (Phi) is 3.27. The molecule has 20 heavy (non-hydrogen) atoms. The zero-order valence-electron chi connectivity index (χ0n) is 10.4. The average molecular weight is 335 g/mol. The third-order valence-electron chi connectivity index (χ3n) is 2.91. The second kappa shape index (κ2) is 5.09. The van der Waals surface area contributed by atoms with Gasteiger partial charge >= 0.3 is 0 Å². The second-order valence-electron chi connectivity index (χ2n) is 4.31. The molecule has 0 atom stereocenters. The lowest BCUT2D eigenvalue weighted by Gasteiger charge is -2.29. The van der Waals surface area contributed by atoms with E-state index in [1.54, 1.807) is 11.1 Å². The smallest absolute Gasteiger partial charge is 0.265 e. The minimum absolute atomic E-state index is 0.0248. The van der Waals surface area contributed by atoms with Crippen molar-refractivity contribution in [3.05, 3.63) is 40.8 Å². The topological polar surface area (TPSA) is 81.3 Å². The SMILES string of the molecule is Nc1cnc(CN2C(=O)COc3ccc(Br)cc32)cn1. The van der Waals surface area contributed by atoms with Crippen LogP contribution in [0.3, 0.4) is 0 Å². The number of nitrogen functional groups attached to an aromatic ring is 1. The van der Waals surface area contributed by atoms with E-state index in [-0.39, 0.29) is 12.5 Å². The lowest BCUT2D eigenvalue weighted by Crippen LogP contribution is -2.38. The van der Waals surface area contributed by atoms with Crippen molar-refractivity contribution in [1.82, 2.24) is 9.97 Å². The van der Waals surface area contributed by atoms with E-state index in [0.717, 1.165) is 4.47 Å². The molecule has 1 aliphatic heterocycles. The first-order chi connectivity index (χ1) is 9.63. The van der Waals surface area contributed by atoms with Crippen LogP contribution in [0.15, 0.2) is 35.1 Å². The van der Waals surface area contributed by atoms with Gasteiger partial charge in [-0.1, -0.05) is 15.9 Å². The van der Waals surface area contributed by atoms with Crippen molar-refractivity contribution in [2.45, 2.75) is 6.54 Å². The van der Waals surface area contributed by atoms with Crippen molar-refractivity contribution in [2.75, 3.05) is 17.2 Å². The quantitative estimate of drug-likeness (QED) is 0.904. The van der Waals surface area contributed by atoms with E-state index in [0.29, 0.717) is 29.5 Å². The molecule has 1 aromatic heterocycles. The molecule has 0 unspecified atom stereocenters. The normalized spacial score (nSPS) is 13.8. The summed E-state index contributed by atoms with van der Waals surface area (Å²) >= 11 is 3.39. The molecule has 0 saturated heterocycles.